The monoisotopic (exact) mass is 303 g/mol. The van der Waals surface area contributed by atoms with E-state index in [1.807, 2.05) is 18.2 Å². The van der Waals surface area contributed by atoms with Crippen LogP contribution in [0.1, 0.15) is 33.9 Å². The van der Waals surface area contributed by atoms with E-state index in [9.17, 15) is 9.18 Å². The van der Waals surface area contributed by atoms with Crippen molar-refractivity contribution in [3.63, 3.8) is 0 Å². The summed E-state index contributed by atoms with van der Waals surface area (Å²) < 4.78 is 13.9. The summed E-state index contributed by atoms with van der Waals surface area (Å²) in [7, 11) is 1.72. The molecule has 108 valence electrons. The lowest BCUT2D eigenvalue weighted by molar-refractivity contribution is 0.0726. The van der Waals surface area contributed by atoms with Gasteiger partial charge in [-0.05, 0) is 42.2 Å². The van der Waals surface area contributed by atoms with Gasteiger partial charge in [-0.2, -0.15) is 0 Å². The van der Waals surface area contributed by atoms with Crippen LogP contribution in [0.4, 0.5) is 4.39 Å². The van der Waals surface area contributed by atoms with Crippen LogP contribution in [-0.2, 0) is 6.42 Å². The highest BCUT2D eigenvalue weighted by atomic mass is 35.5. The van der Waals surface area contributed by atoms with Gasteiger partial charge in [0.1, 0.15) is 5.82 Å². The van der Waals surface area contributed by atoms with E-state index in [0.29, 0.717) is 5.02 Å². The highest BCUT2D eigenvalue weighted by Crippen LogP contribution is 2.35. The van der Waals surface area contributed by atoms with Gasteiger partial charge >= 0.3 is 0 Å². The molecule has 0 fully saturated rings. The second kappa shape index (κ2) is 5.49. The minimum atomic E-state index is -0.539. The number of aryl methyl sites for hydroxylation is 1. The summed E-state index contributed by atoms with van der Waals surface area (Å²) in [5, 5.41) is 0.361. The molecule has 0 bridgehead atoms. The van der Waals surface area contributed by atoms with E-state index in [1.54, 1.807) is 11.9 Å². The van der Waals surface area contributed by atoms with Crippen molar-refractivity contribution in [2.45, 2.75) is 18.9 Å². The van der Waals surface area contributed by atoms with Gasteiger partial charge in [-0.3, -0.25) is 4.79 Å². The summed E-state index contributed by atoms with van der Waals surface area (Å²) in [6, 6.07) is 12.1. The highest BCUT2D eigenvalue weighted by molar-refractivity contribution is 6.31. The number of halogens is 2. The van der Waals surface area contributed by atoms with Gasteiger partial charge in [0.25, 0.3) is 5.91 Å². The van der Waals surface area contributed by atoms with Crippen LogP contribution >= 0.6 is 11.6 Å². The molecule has 0 radical (unpaired) electrons. The quantitative estimate of drug-likeness (QED) is 0.812. The number of nitrogens with zero attached hydrogens (tertiary/aromatic N) is 1. The van der Waals surface area contributed by atoms with Crippen LogP contribution in [0.2, 0.25) is 5.02 Å². The molecule has 2 aromatic rings. The molecule has 1 aliphatic rings. The van der Waals surface area contributed by atoms with Gasteiger partial charge < -0.3 is 4.90 Å². The third kappa shape index (κ3) is 2.54. The Bertz CT molecular complexity index is 701. The zero-order chi connectivity index (χ0) is 15.0. The first-order valence-electron chi connectivity index (χ1n) is 6.88. The molecule has 1 unspecified atom stereocenters. The standard InChI is InChI=1S/C17H15ClFNO/c1-20(16-9-6-11-4-2-3-5-13(11)16)17(21)14-10-12(18)7-8-15(14)19/h2-5,7-8,10,16H,6,9H2,1H3. The molecule has 0 aliphatic heterocycles. The molecule has 21 heavy (non-hydrogen) atoms. The molecule has 2 aromatic carbocycles. The number of fused-ring (bicyclic) bond motifs is 1. The van der Waals surface area contributed by atoms with Gasteiger partial charge in [-0.15, -0.1) is 0 Å². The number of amides is 1. The van der Waals surface area contributed by atoms with Crippen molar-refractivity contribution in [3.8, 4) is 0 Å². The highest BCUT2D eigenvalue weighted by Gasteiger charge is 2.29. The molecule has 3 rings (SSSR count). The molecule has 0 saturated carbocycles. The minimum Gasteiger partial charge on any atom is -0.335 e. The number of benzene rings is 2. The Kier molecular flexibility index (Phi) is 3.68. The third-order valence-electron chi connectivity index (χ3n) is 4.05. The molecule has 0 saturated heterocycles. The van der Waals surface area contributed by atoms with E-state index in [4.69, 9.17) is 11.6 Å². The normalized spacial score (nSPS) is 16.6. The van der Waals surface area contributed by atoms with Crippen LogP contribution in [0.3, 0.4) is 0 Å². The Morgan fingerprint density at radius 3 is 2.86 bits per heavy atom. The summed E-state index contributed by atoms with van der Waals surface area (Å²) in [5.74, 6) is -0.876. The third-order valence-corrected chi connectivity index (χ3v) is 4.28. The van der Waals surface area contributed by atoms with Gasteiger partial charge in [0.15, 0.2) is 0 Å². The van der Waals surface area contributed by atoms with Gasteiger partial charge in [-0.25, -0.2) is 4.39 Å². The summed E-state index contributed by atoms with van der Waals surface area (Å²) in [6.45, 7) is 0. The van der Waals surface area contributed by atoms with Gasteiger partial charge in [-0.1, -0.05) is 35.9 Å². The number of rotatable bonds is 2. The number of carbonyl (C=O) groups excluding carboxylic acids is 1. The van der Waals surface area contributed by atoms with Crippen LogP contribution in [0, 0.1) is 5.82 Å². The number of hydrogen-bond donors (Lipinski definition) is 0. The predicted octanol–water partition coefficient (Wildman–Crippen LogP) is 4.24. The summed E-state index contributed by atoms with van der Waals surface area (Å²) in [4.78, 5) is 14.2. The average Bonchev–Trinajstić information content (AvgIpc) is 2.92. The fourth-order valence-corrected chi connectivity index (χ4v) is 3.10. The van der Waals surface area contributed by atoms with E-state index in [-0.39, 0.29) is 17.5 Å². The van der Waals surface area contributed by atoms with E-state index in [1.165, 1.54) is 23.8 Å². The topological polar surface area (TPSA) is 20.3 Å². The van der Waals surface area contributed by atoms with Gasteiger partial charge in [0.05, 0.1) is 11.6 Å². The second-order valence-electron chi connectivity index (χ2n) is 5.29. The van der Waals surface area contributed by atoms with Crippen LogP contribution < -0.4 is 0 Å². The van der Waals surface area contributed by atoms with E-state index in [0.717, 1.165) is 18.4 Å². The molecule has 4 heteroatoms. The molecular formula is C17H15ClFNO. The molecule has 1 aliphatic carbocycles. The van der Waals surface area contributed by atoms with Crippen molar-refractivity contribution in [1.82, 2.24) is 4.90 Å². The molecule has 1 amide bonds. The van der Waals surface area contributed by atoms with Crippen molar-refractivity contribution in [2.24, 2.45) is 0 Å². The van der Waals surface area contributed by atoms with Crippen molar-refractivity contribution < 1.29 is 9.18 Å². The Hall–Kier alpha value is -1.87. The van der Waals surface area contributed by atoms with Gasteiger partial charge in [0, 0.05) is 12.1 Å². The summed E-state index contributed by atoms with van der Waals surface area (Å²) in [5.41, 5.74) is 2.43. The molecule has 2 nitrogen and oxygen atoms in total. The first-order valence-corrected chi connectivity index (χ1v) is 7.25. The maximum atomic E-state index is 13.9. The van der Waals surface area contributed by atoms with Crippen LogP contribution in [-0.4, -0.2) is 17.9 Å². The average molecular weight is 304 g/mol. The molecular weight excluding hydrogens is 289 g/mol. The maximum absolute atomic E-state index is 13.9. The number of hydrogen-bond acceptors (Lipinski definition) is 1. The van der Waals surface area contributed by atoms with Crippen LogP contribution in [0.5, 0.6) is 0 Å². The molecule has 0 N–H and O–H groups in total. The maximum Gasteiger partial charge on any atom is 0.257 e. The summed E-state index contributed by atoms with van der Waals surface area (Å²) >= 11 is 5.87. The molecule has 0 aromatic heterocycles. The Labute approximate surface area is 128 Å². The molecule has 1 atom stereocenters. The minimum absolute atomic E-state index is 0.00733. The van der Waals surface area contributed by atoms with E-state index >= 15 is 0 Å². The zero-order valence-electron chi connectivity index (χ0n) is 11.6. The fourth-order valence-electron chi connectivity index (χ4n) is 2.93. The lowest BCUT2D eigenvalue weighted by Gasteiger charge is -2.25. The Morgan fingerprint density at radius 2 is 2.05 bits per heavy atom. The second-order valence-corrected chi connectivity index (χ2v) is 5.73. The van der Waals surface area contributed by atoms with Crippen molar-refractivity contribution in [3.05, 3.63) is 70.0 Å². The number of carbonyl (C=O) groups is 1. The lowest BCUT2D eigenvalue weighted by Crippen LogP contribution is -2.30. The smallest absolute Gasteiger partial charge is 0.257 e. The van der Waals surface area contributed by atoms with Crippen LogP contribution in [0.15, 0.2) is 42.5 Å². The van der Waals surface area contributed by atoms with Gasteiger partial charge in [0.2, 0.25) is 0 Å². The summed E-state index contributed by atoms with van der Waals surface area (Å²) in [6.07, 6.45) is 1.81. The Morgan fingerprint density at radius 1 is 1.29 bits per heavy atom. The van der Waals surface area contributed by atoms with E-state index in [2.05, 4.69) is 6.07 Å². The first-order chi connectivity index (χ1) is 10.1. The molecule has 0 spiro atoms. The van der Waals surface area contributed by atoms with E-state index < -0.39 is 5.82 Å². The van der Waals surface area contributed by atoms with Crippen LogP contribution in [0.25, 0.3) is 0 Å². The van der Waals surface area contributed by atoms with Crippen molar-refractivity contribution >= 4 is 17.5 Å². The first kappa shape index (κ1) is 14.1. The predicted molar refractivity (Wildman–Crippen MR) is 81.0 cm³/mol. The largest absolute Gasteiger partial charge is 0.335 e. The van der Waals surface area contributed by atoms with Crippen molar-refractivity contribution in [1.29, 1.82) is 0 Å². The SMILES string of the molecule is CN(C(=O)c1cc(Cl)ccc1F)C1CCc2ccccc21. The molecule has 0 heterocycles. The lowest BCUT2D eigenvalue weighted by atomic mass is 10.1. The Balaban J connectivity index is 1.91. The van der Waals surface area contributed by atoms with Crippen molar-refractivity contribution in [2.75, 3.05) is 7.05 Å². The fraction of sp³-hybridized carbons (Fsp3) is 0.235. The zero-order valence-corrected chi connectivity index (χ0v) is 12.4.